The maximum Gasteiger partial charge on any atom is 0.335 e. The average molecular weight is 360 g/mol. The molecule has 0 amide bonds. The summed E-state index contributed by atoms with van der Waals surface area (Å²) in [7, 11) is 4.21. The molecule has 0 saturated carbocycles. The number of ether oxygens (including phenoxy) is 5. The van der Waals surface area contributed by atoms with E-state index in [0.29, 0.717) is 5.75 Å². The van der Waals surface area contributed by atoms with Gasteiger partial charge >= 0.3 is 5.97 Å². The maximum absolute atomic E-state index is 11.1. The van der Waals surface area contributed by atoms with Crippen LogP contribution in [0.1, 0.15) is 0 Å². The van der Waals surface area contributed by atoms with Crippen molar-refractivity contribution in [2.75, 3.05) is 21.3 Å². The van der Waals surface area contributed by atoms with Crippen molar-refractivity contribution in [1.82, 2.24) is 0 Å². The molecule has 0 bridgehead atoms. The topological polar surface area (TPSA) is 144 Å². The third-order valence-corrected chi connectivity index (χ3v) is 3.70. The Hall–Kier alpha value is -2.27. The number of carboxylic acid groups (broad SMARTS) is 1. The van der Waals surface area contributed by atoms with Crippen LogP contribution in [0.4, 0.5) is 0 Å². The highest BCUT2D eigenvalue weighted by Crippen LogP contribution is 2.41. The van der Waals surface area contributed by atoms with Crippen LogP contribution in [0.3, 0.4) is 0 Å². The summed E-state index contributed by atoms with van der Waals surface area (Å²) in [5, 5.41) is 38.5. The molecule has 1 aliphatic rings. The first-order valence-corrected chi connectivity index (χ1v) is 7.23. The van der Waals surface area contributed by atoms with Gasteiger partial charge in [-0.3, -0.25) is 0 Å². The highest BCUT2D eigenvalue weighted by Gasteiger charge is 2.48. The lowest BCUT2D eigenvalue weighted by Gasteiger charge is -2.38. The first-order valence-electron chi connectivity index (χ1n) is 7.23. The predicted molar refractivity (Wildman–Crippen MR) is 81.0 cm³/mol. The second-order valence-electron chi connectivity index (χ2n) is 5.21. The van der Waals surface area contributed by atoms with Crippen molar-refractivity contribution in [1.29, 1.82) is 0 Å². The van der Waals surface area contributed by atoms with E-state index in [2.05, 4.69) is 0 Å². The summed E-state index contributed by atoms with van der Waals surface area (Å²) in [6, 6.07) is 2.81. The molecule has 2 rings (SSSR count). The van der Waals surface area contributed by atoms with Crippen LogP contribution in [0.2, 0.25) is 0 Å². The van der Waals surface area contributed by atoms with E-state index in [-0.39, 0.29) is 17.2 Å². The Morgan fingerprint density at radius 1 is 0.960 bits per heavy atom. The van der Waals surface area contributed by atoms with Gasteiger partial charge in [-0.1, -0.05) is 0 Å². The van der Waals surface area contributed by atoms with Crippen LogP contribution in [0, 0.1) is 0 Å². The van der Waals surface area contributed by atoms with E-state index in [9.17, 15) is 20.1 Å². The summed E-state index contributed by atoms with van der Waals surface area (Å²) in [4.78, 5) is 11.1. The fourth-order valence-corrected chi connectivity index (χ4v) is 2.41. The number of rotatable bonds is 6. The second kappa shape index (κ2) is 7.74. The van der Waals surface area contributed by atoms with Crippen molar-refractivity contribution in [3.05, 3.63) is 12.1 Å². The summed E-state index contributed by atoms with van der Waals surface area (Å²) in [5.41, 5.74) is 0. The zero-order chi connectivity index (χ0) is 18.7. The smallest absolute Gasteiger partial charge is 0.335 e. The van der Waals surface area contributed by atoms with Gasteiger partial charge < -0.3 is 44.1 Å². The van der Waals surface area contributed by atoms with Crippen molar-refractivity contribution < 1.29 is 48.9 Å². The zero-order valence-corrected chi connectivity index (χ0v) is 13.8. The van der Waals surface area contributed by atoms with Gasteiger partial charge in [0, 0.05) is 12.1 Å². The minimum atomic E-state index is -1.80. The van der Waals surface area contributed by atoms with Crippen molar-refractivity contribution in [3.63, 3.8) is 0 Å². The number of carboxylic acids is 1. The Balaban J connectivity index is 2.30. The molecule has 0 spiro atoms. The summed E-state index contributed by atoms with van der Waals surface area (Å²) in [6.45, 7) is 0. The monoisotopic (exact) mass is 360 g/mol. The molecule has 0 aromatic heterocycles. The van der Waals surface area contributed by atoms with Crippen molar-refractivity contribution in [2.45, 2.75) is 30.7 Å². The normalized spacial score (nSPS) is 29.0. The molecule has 5 atom stereocenters. The quantitative estimate of drug-likeness (QED) is 0.498. The van der Waals surface area contributed by atoms with E-state index < -0.39 is 36.7 Å². The Kier molecular flexibility index (Phi) is 5.90. The first kappa shape index (κ1) is 19.1. The first-order chi connectivity index (χ1) is 11.8. The molecule has 0 aliphatic carbocycles. The average Bonchev–Trinajstić information content (AvgIpc) is 2.60. The van der Waals surface area contributed by atoms with Gasteiger partial charge in [0.1, 0.15) is 24.1 Å². The number of aliphatic hydroxyl groups is 3. The highest BCUT2D eigenvalue weighted by atomic mass is 16.7. The Morgan fingerprint density at radius 3 is 1.96 bits per heavy atom. The molecule has 10 heteroatoms. The molecule has 10 nitrogen and oxygen atoms in total. The van der Waals surface area contributed by atoms with E-state index in [1.165, 1.54) is 33.5 Å². The summed E-state index contributed by atoms with van der Waals surface area (Å²) < 4.78 is 26.0. The largest absolute Gasteiger partial charge is 0.493 e. The predicted octanol–water partition coefficient (Wildman–Crippen LogP) is -1.02. The van der Waals surface area contributed by atoms with Crippen LogP contribution in [0.25, 0.3) is 0 Å². The summed E-state index contributed by atoms with van der Waals surface area (Å²) in [5.74, 6) is -0.570. The second-order valence-corrected chi connectivity index (χ2v) is 5.21. The lowest BCUT2D eigenvalue weighted by Crippen LogP contribution is -2.61. The van der Waals surface area contributed by atoms with Gasteiger partial charge in [-0.25, -0.2) is 4.79 Å². The van der Waals surface area contributed by atoms with E-state index >= 15 is 0 Å². The molecule has 1 saturated heterocycles. The van der Waals surface area contributed by atoms with Crippen molar-refractivity contribution in [2.24, 2.45) is 0 Å². The molecular weight excluding hydrogens is 340 g/mol. The van der Waals surface area contributed by atoms with Crippen LogP contribution >= 0.6 is 0 Å². The third-order valence-electron chi connectivity index (χ3n) is 3.70. The minimum absolute atomic E-state index is 0.103. The number of hydrogen-bond acceptors (Lipinski definition) is 9. The Morgan fingerprint density at radius 2 is 1.52 bits per heavy atom. The Labute approximate surface area is 143 Å². The fraction of sp³-hybridized carbons (Fsp3) is 0.533. The number of aliphatic hydroxyl groups excluding tert-OH is 3. The number of methoxy groups -OCH3 is 3. The van der Waals surface area contributed by atoms with Crippen LogP contribution < -0.4 is 18.9 Å². The van der Waals surface area contributed by atoms with Crippen LogP contribution in [-0.2, 0) is 9.53 Å². The number of hydrogen-bond donors (Lipinski definition) is 4. The molecule has 25 heavy (non-hydrogen) atoms. The molecule has 0 radical (unpaired) electrons. The molecule has 1 heterocycles. The molecule has 140 valence electrons. The third kappa shape index (κ3) is 3.71. The van der Waals surface area contributed by atoms with Gasteiger partial charge in [0.05, 0.1) is 21.3 Å². The van der Waals surface area contributed by atoms with Gasteiger partial charge in [0.25, 0.3) is 0 Å². The van der Waals surface area contributed by atoms with E-state index in [1.807, 2.05) is 0 Å². The highest BCUT2D eigenvalue weighted by molar-refractivity contribution is 5.73. The summed E-state index contributed by atoms with van der Waals surface area (Å²) in [6.07, 6.45) is -8.54. The van der Waals surface area contributed by atoms with Gasteiger partial charge in [0.2, 0.25) is 12.0 Å². The molecule has 4 N–H and O–H groups in total. The van der Waals surface area contributed by atoms with Crippen molar-refractivity contribution >= 4 is 5.97 Å². The molecule has 1 fully saturated rings. The molecule has 1 aromatic rings. The van der Waals surface area contributed by atoms with Gasteiger partial charge in [-0.2, -0.15) is 0 Å². The van der Waals surface area contributed by atoms with Crippen molar-refractivity contribution in [3.8, 4) is 23.0 Å². The lowest BCUT2D eigenvalue weighted by atomic mass is 9.99. The molecule has 1 aliphatic heterocycles. The molecule has 5 unspecified atom stereocenters. The number of benzene rings is 1. The van der Waals surface area contributed by atoms with E-state index in [0.717, 1.165) is 0 Å². The van der Waals surface area contributed by atoms with Gasteiger partial charge in [0.15, 0.2) is 17.6 Å². The standard InChI is InChI=1S/C15H20O10/c1-21-7-4-6(5-8(22-2)12(7)23-3)24-15-11(18)9(16)10(17)13(25-15)14(19)20/h4-5,9-11,13,15-18H,1-3H3,(H,19,20). The van der Waals surface area contributed by atoms with Gasteiger partial charge in [-0.15, -0.1) is 0 Å². The molecule has 1 aromatic carbocycles. The zero-order valence-electron chi connectivity index (χ0n) is 13.8. The van der Waals surface area contributed by atoms with Gasteiger partial charge in [-0.05, 0) is 0 Å². The summed E-state index contributed by atoms with van der Waals surface area (Å²) >= 11 is 0. The van der Waals surface area contributed by atoms with E-state index in [1.54, 1.807) is 0 Å². The Bertz CT molecular complexity index is 593. The van der Waals surface area contributed by atoms with E-state index in [4.69, 9.17) is 28.8 Å². The minimum Gasteiger partial charge on any atom is -0.493 e. The maximum atomic E-state index is 11.1. The lowest BCUT2D eigenvalue weighted by molar-refractivity contribution is -0.271. The number of carbonyl (C=O) groups is 1. The number of aliphatic carboxylic acids is 1. The SMILES string of the molecule is COc1cc(OC2OC(C(=O)O)C(O)C(O)C2O)cc(OC)c1OC. The molecular formula is C15H20O10. The van der Waals surface area contributed by atoms with Crippen LogP contribution in [-0.4, -0.2) is 78.4 Å². The fourth-order valence-electron chi connectivity index (χ4n) is 2.41. The van der Waals surface area contributed by atoms with Crippen LogP contribution in [0.15, 0.2) is 12.1 Å². The van der Waals surface area contributed by atoms with Crippen LogP contribution in [0.5, 0.6) is 23.0 Å².